The SMILES string of the molecule is CSCCC(NC(N)=O)C(=O)N[C@@H](C(=O)O)C(C)C. The quantitative estimate of drug-likeness (QED) is 0.501. The standard InChI is InChI=1S/C11H21N3O4S/c1-6(2)8(10(16)17)14-9(15)7(4-5-19-3)13-11(12)18/h6-8H,4-5H2,1-3H3,(H,14,15)(H,16,17)(H3,12,13,18)/t7?,8-/m1/s1. The molecule has 0 aliphatic carbocycles. The van der Waals surface area contributed by atoms with Crippen LogP contribution in [0, 0.1) is 5.92 Å². The molecule has 0 saturated heterocycles. The molecule has 3 amide bonds. The van der Waals surface area contributed by atoms with Crippen molar-refractivity contribution >= 4 is 29.7 Å². The number of nitrogens with two attached hydrogens (primary N) is 1. The summed E-state index contributed by atoms with van der Waals surface area (Å²) in [6.45, 7) is 3.38. The van der Waals surface area contributed by atoms with Crippen LogP contribution in [-0.2, 0) is 9.59 Å². The van der Waals surface area contributed by atoms with Gasteiger partial charge in [-0.3, -0.25) is 4.79 Å². The Kier molecular flexibility index (Phi) is 7.97. The number of carbonyl (C=O) groups is 3. The van der Waals surface area contributed by atoms with Crippen LogP contribution in [0.25, 0.3) is 0 Å². The van der Waals surface area contributed by atoms with Crippen molar-refractivity contribution in [3.63, 3.8) is 0 Å². The van der Waals surface area contributed by atoms with Gasteiger partial charge in [-0.05, 0) is 24.3 Å². The summed E-state index contributed by atoms with van der Waals surface area (Å²) in [6, 6.07) is -2.61. The van der Waals surface area contributed by atoms with Gasteiger partial charge in [0.1, 0.15) is 12.1 Å². The van der Waals surface area contributed by atoms with Gasteiger partial charge in [0, 0.05) is 0 Å². The molecule has 0 saturated carbocycles. The third-order valence-electron chi connectivity index (χ3n) is 2.47. The Morgan fingerprint density at radius 1 is 1.26 bits per heavy atom. The summed E-state index contributed by atoms with van der Waals surface area (Å²) in [5.41, 5.74) is 5.00. The first-order valence-electron chi connectivity index (χ1n) is 5.87. The lowest BCUT2D eigenvalue weighted by Gasteiger charge is -2.22. The molecule has 0 aromatic heterocycles. The average molecular weight is 291 g/mol. The zero-order chi connectivity index (χ0) is 15.0. The number of aliphatic carboxylic acids is 1. The Bertz CT molecular complexity index is 336. The number of rotatable bonds is 8. The molecule has 0 aliphatic rings. The molecule has 0 aromatic rings. The van der Waals surface area contributed by atoms with Crippen molar-refractivity contribution in [2.75, 3.05) is 12.0 Å². The van der Waals surface area contributed by atoms with E-state index in [2.05, 4.69) is 10.6 Å². The topological polar surface area (TPSA) is 122 Å². The van der Waals surface area contributed by atoms with Crippen molar-refractivity contribution in [3.8, 4) is 0 Å². The normalized spacial score (nSPS) is 13.7. The first-order chi connectivity index (χ1) is 8.79. The number of carboxylic acid groups (broad SMARTS) is 1. The maximum atomic E-state index is 11.9. The smallest absolute Gasteiger partial charge is 0.326 e. The summed E-state index contributed by atoms with van der Waals surface area (Å²) >= 11 is 1.52. The largest absolute Gasteiger partial charge is 0.480 e. The molecule has 0 aliphatic heterocycles. The van der Waals surface area contributed by atoms with Crippen LogP contribution in [0.2, 0.25) is 0 Å². The number of hydrogen-bond donors (Lipinski definition) is 4. The maximum absolute atomic E-state index is 11.9. The van der Waals surface area contributed by atoms with Gasteiger partial charge in [-0.2, -0.15) is 11.8 Å². The molecule has 0 aromatic carbocycles. The summed E-state index contributed by atoms with van der Waals surface area (Å²) in [5.74, 6) is -1.24. The summed E-state index contributed by atoms with van der Waals surface area (Å²) < 4.78 is 0. The average Bonchev–Trinajstić information content (AvgIpc) is 2.29. The van der Waals surface area contributed by atoms with Gasteiger partial charge >= 0.3 is 12.0 Å². The highest BCUT2D eigenvalue weighted by molar-refractivity contribution is 7.98. The molecule has 0 fully saturated rings. The van der Waals surface area contributed by atoms with Gasteiger partial charge in [0.05, 0.1) is 0 Å². The Morgan fingerprint density at radius 3 is 2.21 bits per heavy atom. The highest BCUT2D eigenvalue weighted by Gasteiger charge is 2.27. The predicted octanol–water partition coefficient (Wildman–Crippen LogP) is 0.00180. The van der Waals surface area contributed by atoms with Crippen LogP contribution in [0.1, 0.15) is 20.3 Å². The van der Waals surface area contributed by atoms with Crippen LogP contribution < -0.4 is 16.4 Å². The second-order valence-corrected chi connectivity index (χ2v) is 5.40. The van der Waals surface area contributed by atoms with E-state index in [0.29, 0.717) is 12.2 Å². The first kappa shape index (κ1) is 17.6. The van der Waals surface area contributed by atoms with Crippen LogP contribution in [0.4, 0.5) is 4.79 Å². The lowest BCUT2D eigenvalue weighted by atomic mass is 10.0. The van der Waals surface area contributed by atoms with E-state index in [-0.39, 0.29) is 5.92 Å². The van der Waals surface area contributed by atoms with E-state index in [0.717, 1.165) is 0 Å². The number of carbonyl (C=O) groups excluding carboxylic acids is 2. The van der Waals surface area contributed by atoms with Crippen LogP contribution in [0.15, 0.2) is 0 Å². The molecular formula is C11H21N3O4S. The van der Waals surface area contributed by atoms with Crippen molar-refractivity contribution in [3.05, 3.63) is 0 Å². The molecule has 0 bridgehead atoms. The fourth-order valence-corrected chi connectivity index (χ4v) is 1.92. The summed E-state index contributed by atoms with van der Waals surface area (Å²) in [5, 5.41) is 13.7. The molecule has 0 rings (SSSR count). The number of hydrogen-bond acceptors (Lipinski definition) is 4. The van der Waals surface area contributed by atoms with Crippen LogP contribution in [0.3, 0.4) is 0 Å². The van der Waals surface area contributed by atoms with Gasteiger partial charge in [0.15, 0.2) is 0 Å². The Balaban J connectivity index is 4.68. The van der Waals surface area contributed by atoms with Gasteiger partial charge < -0.3 is 21.5 Å². The molecule has 7 nitrogen and oxygen atoms in total. The lowest BCUT2D eigenvalue weighted by Crippen LogP contribution is -2.54. The lowest BCUT2D eigenvalue weighted by molar-refractivity contribution is -0.143. The van der Waals surface area contributed by atoms with Crippen molar-refractivity contribution in [1.29, 1.82) is 0 Å². The first-order valence-corrected chi connectivity index (χ1v) is 7.27. The van der Waals surface area contributed by atoms with Gasteiger partial charge in [-0.25, -0.2) is 9.59 Å². The second-order valence-electron chi connectivity index (χ2n) is 4.41. The number of nitrogens with one attached hydrogen (secondary N) is 2. The Hall–Kier alpha value is -1.44. The van der Waals surface area contributed by atoms with E-state index in [4.69, 9.17) is 10.8 Å². The molecule has 0 spiro atoms. The third-order valence-corrected chi connectivity index (χ3v) is 3.12. The van der Waals surface area contributed by atoms with E-state index >= 15 is 0 Å². The minimum absolute atomic E-state index is 0.253. The number of amides is 3. The summed E-state index contributed by atoms with van der Waals surface area (Å²) in [4.78, 5) is 33.8. The fraction of sp³-hybridized carbons (Fsp3) is 0.727. The van der Waals surface area contributed by atoms with Gasteiger partial charge in [0.25, 0.3) is 0 Å². The Morgan fingerprint density at radius 2 is 1.84 bits per heavy atom. The van der Waals surface area contributed by atoms with Gasteiger partial charge in [0.2, 0.25) is 5.91 Å². The zero-order valence-electron chi connectivity index (χ0n) is 11.3. The van der Waals surface area contributed by atoms with Crippen molar-refractivity contribution in [1.82, 2.24) is 10.6 Å². The highest BCUT2D eigenvalue weighted by atomic mass is 32.2. The number of carboxylic acids is 1. The number of thioether (sulfide) groups is 1. The fourth-order valence-electron chi connectivity index (χ4n) is 1.44. The van der Waals surface area contributed by atoms with Gasteiger partial charge in [-0.1, -0.05) is 13.8 Å². The minimum Gasteiger partial charge on any atom is -0.480 e. The van der Waals surface area contributed by atoms with Crippen molar-refractivity contribution in [2.24, 2.45) is 11.7 Å². The van der Waals surface area contributed by atoms with Crippen LogP contribution in [-0.4, -0.2) is 47.1 Å². The van der Waals surface area contributed by atoms with Crippen molar-refractivity contribution < 1.29 is 19.5 Å². The highest BCUT2D eigenvalue weighted by Crippen LogP contribution is 2.05. The predicted molar refractivity (Wildman–Crippen MR) is 73.9 cm³/mol. The molecule has 19 heavy (non-hydrogen) atoms. The zero-order valence-corrected chi connectivity index (χ0v) is 12.1. The van der Waals surface area contributed by atoms with Crippen LogP contribution >= 0.6 is 11.8 Å². The maximum Gasteiger partial charge on any atom is 0.326 e. The number of urea groups is 1. The molecule has 2 atom stereocenters. The molecule has 0 heterocycles. The minimum atomic E-state index is -1.11. The molecule has 8 heteroatoms. The van der Waals surface area contributed by atoms with Gasteiger partial charge in [-0.15, -0.1) is 0 Å². The van der Waals surface area contributed by atoms with Crippen LogP contribution in [0.5, 0.6) is 0 Å². The van der Waals surface area contributed by atoms with Crippen molar-refractivity contribution in [2.45, 2.75) is 32.4 Å². The van der Waals surface area contributed by atoms with E-state index < -0.39 is 30.0 Å². The third kappa shape index (κ3) is 6.90. The summed E-state index contributed by atoms with van der Waals surface area (Å²) in [6.07, 6.45) is 2.26. The molecule has 0 radical (unpaired) electrons. The van der Waals surface area contributed by atoms with E-state index in [9.17, 15) is 14.4 Å². The number of primary amides is 1. The molecule has 5 N–H and O–H groups in total. The van der Waals surface area contributed by atoms with E-state index in [1.165, 1.54) is 11.8 Å². The molecular weight excluding hydrogens is 270 g/mol. The molecule has 110 valence electrons. The monoisotopic (exact) mass is 291 g/mol. The van der Waals surface area contributed by atoms with E-state index in [1.54, 1.807) is 13.8 Å². The molecule has 1 unspecified atom stereocenters. The Labute approximate surface area is 116 Å². The second kappa shape index (κ2) is 8.63. The van der Waals surface area contributed by atoms with E-state index in [1.807, 2.05) is 6.26 Å². The summed E-state index contributed by atoms with van der Waals surface area (Å²) in [7, 11) is 0.